The molecule has 156 valence electrons. The molecule has 3 rings (SSSR count). The molecular formula is C23H26N4O3. The van der Waals surface area contributed by atoms with Gasteiger partial charge < -0.3 is 25.3 Å². The Hall–Kier alpha value is -3.74. The zero-order valence-electron chi connectivity index (χ0n) is 17.4. The number of aliphatic imine (C=N–C) groups is 1. The van der Waals surface area contributed by atoms with Crippen LogP contribution in [0.2, 0.25) is 0 Å². The maximum absolute atomic E-state index is 6.01. The summed E-state index contributed by atoms with van der Waals surface area (Å²) in [5.41, 5.74) is 9.07. The third kappa shape index (κ3) is 5.41. The van der Waals surface area contributed by atoms with E-state index >= 15 is 0 Å². The van der Waals surface area contributed by atoms with Gasteiger partial charge in [-0.3, -0.25) is 0 Å². The first kappa shape index (κ1) is 21.0. The van der Waals surface area contributed by atoms with Crippen molar-refractivity contribution < 1.29 is 14.2 Å². The molecular weight excluding hydrogens is 380 g/mol. The van der Waals surface area contributed by atoms with Gasteiger partial charge in [0.1, 0.15) is 0 Å². The van der Waals surface area contributed by atoms with Crippen molar-refractivity contribution in [3.63, 3.8) is 0 Å². The van der Waals surface area contributed by atoms with Gasteiger partial charge in [0.05, 0.1) is 20.8 Å². The molecule has 0 atom stereocenters. The molecule has 0 bridgehead atoms. The maximum Gasteiger partial charge on any atom is 0.219 e. The Morgan fingerprint density at radius 2 is 1.73 bits per heavy atom. The molecule has 0 saturated carbocycles. The summed E-state index contributed by atoms with van der Waals surface area (Å²) in [4.78, 5) is 8.72. The fraction of sp³-hybridized carbons (Fsp3) is 0.217. The molecule has 1 heterocycles. The molecule has 0 saturated heterocycles. The largest absolute Gasteiger partial charge is 0.493 e. The molecule has 0 spiro atoms. The molecule has 0 radical (unpaired) electrons. The lowest BCUT2D eigenvalue weighted by molar-refractivity contribution is 0.342. The molecule has 0 aliphatic rings. The highest BCUT2D eigenvalue weighted by Gasteiger charge is 2.13. The van der Waals surface area contributed by atoms with Gasteiger partial charge in [0, 0.05) is 18.0 Å². The second kappa shape index (κ2) is 10.2. The number of benzene rings is 2. The molecule has 30 heavy (non-hydrogen) atoms. The minimum Gasteiger partial charge on any atom is -0.493 e. The highest BCUT2D eigenvalue weighted by Crippen LogP contribution is 2.39. The molecule has 7 nitrogen and oxygen atoms in total. The Kier molecular flexibility index (Phi) is 7.10. The number of ether oxygens (including phenoxy) is 3. The number of pyridine rings is 1. The van der Waals surface area contributed by atoms with Gasteiger partial charge in [0.2, 0.25) is 11.6 Å². The summed E-state index contributed by atoms with van der Waals surface area (Å²) < 4.78 is 16.6. The number of nitrogens with zero attached hydrogens (tertiary/aromatic N) is 2. The smallest absolute Gasteiger partial charge is 0.219 e. The lowest BCUT2D eigenvalue weighted by atomic mass is 10.1. The summed E-state index contributed by atoms with van der Waals surface area (Å²) >= 11 is 0. The Morgan fingerprint density at radius 1 is 1.00 bits per heavy atom. The first-order chi connectivity index (χ1) is 14.6. The fourth-order valence-electron chi connectivity index (χ4n) is 2.82. The molecule has 0 fully saturated rings. The van der Waals surface area contributed by atoms with Crippen molar-refractivity contribution in [2.45, 2.75) is 19.9 Å². The molecule has 0 amide bonds. The monoisotopic (exact) mass is 406 g/mol. The quantitative estimate of drug-likeness (QED) is 0.426. The van der Waals surface area contributed by atoms with Gasteiger partial charge in [-0.2, -0.15) is 0 Å². The number of hydrogen-bond donors (Lipinski definition) is 2. The molecule has 0 aliphatic carbocycles. The van der Waals surface area contributed by atoms with Crippen LogP contribution in [-0.4, -0.2) is 25.2 Å². The predicted octanol–water partition coefficient (Wildman–Crippen LogP) is 4.38. The Labute approximate surface area is 176 Å². The Bertz CT molecular complexity index is 981. The van der Waals surface area contributed by atoms with Crippen molar-refractivity contribution in [3.8, 4) is 23.1 Å². The third-order valence-corrected chi connectivity index (χ3v) is 4.43. The van der Waals surface area contributed by atoms with E-state index in [4.69, 9.17) is 19.9 Å². The van der Waals surface area contributed by atoms with Gasteiger partial charge >= 0.3 is 0 Å². The number of aryl methyl sites for hydroxylation is 1. The van der Waals surface area contributed by atoms with Crippen LogP contribution in [-0.2, 0) is 13.0 Å². The minimum atomic E-state index is 0.349. The van der Waals surface area contributed by atoms with Crippen molar-refractivity contribution in [2.24, 2.45) is 10.7 Å². The van der Waals surface area contributed by atoms with E-state index in [1.165, 1.54) is 5.56 Å². The zero-order chi connectivity index (χ0) is 21.3. The van der Waals surface area contributed by atoms with E-state index in [0.717, 1.165) is 17.7 Å². The van der Waals surface area contributed by atoms with E-state index in [-0.39, 0.29) is 0 Å². The van der Waals surface area contributed by atoms with Gasteiger partial charge in [-0.25, -0.2) is 9.98 Å². The van der Waals surface area contributed by atoms with Crippen molar-refractivity contribution in [1.29, 1.82) is 0 Å². The van der Waals surface area contributed by atoms with Crippen molar-refractivity contribution in [1.82, 2.24) is 4.98 Å². The third-order valence-electron chi connectivity index (χ3n) is 4.43. The van der Waals surface area contributed by atoms with Gasteiger partial charge in [-0.1, -0.05) is 31.2 Å². The number of anilines is 1. The standard InChI is InChI=1S/C23H26N4O3/c1-4-16-7-5-8-18(13-16)27-23(24)26-15-17-11-12-21(25-14-17)30-22-19(28-2)9-6-10-20(22)29-3/h5-14H,4,15H2,1-3H3,(H3,24,26,27). The second-order valence-corrected chi connectivity index (χ2v) is 6.48. The molecule has 2 aromatic carbocycles. The van der Waals surface area contributed by atoms with Crippen LogP contribution in [0.3, 0.4) is 0 Å². The van der Waals surface area contributed by atoms with E-state index in [1.54, 1.807) is 38.6 Å². The van der Waals surface area contributed by atoms with E-state index in [1.807, 2.05) is 24.3 Å². The minimum absolute atomic E-state index is 0.349. The SMILES string of the molecule is CCc1cccc(NC(N)=NCc2ccc(Oc3c(OC)cccc3OC)nc2)c1. The van der Waals surface area contributed by atoms with E-state index in [0.29, 0.717) is 35.6 Å². The van der Waals surface area contributed by atoms with Crippen LogP contribution in [0.25, 0.3) is 0 Å². The summed E-state index contributed by atoms with van der Waals surface area (Å²) in [5, 5.41) is 3.11. The molecule has 7 heteroatoms. The number of guanidine groups is 1. The maximum atomic E-state index is 6.01. The lowest BCUT2D eigenvalue weighted by Gasteiger charge is -2.13. The number of rotatable bonds is 8. The summed E-state index contributed by atoms with van der Waals surface area (Å²) in [6.45, 7) is 2.51. The Morgan fingerprint density at radius 3 is 2.37 bits per heavy atom. The van der Waals surface area contributed by atoms with E-state index in [2.05, 4.69) is 34.3 Å². The van der Waals surface area contributed by atoms with Crippen LogP contribution in [0.5, 0.6) is 23.1 Å². The predicted molar refractivity (Wildman–Crippen MR) is 119 cm³/mol. The first-order valence-electron chi connectivity index (χ1n) is 9.62. The van der Waals surface area contributed by atoms with Crippen LogP contribution in [0.15, 0.2) is 65.8 Å². The van der Waals surface area contributed by atoms with Crippen LogP contribution in [0, 0.1) is 0 Å². The number of nitrogens with one attached hydrogen (secondary N) is 1. The summed E-state index contributed by atoms with van der Waals surface area (Å²) in [6, 6.07) is 17.2. The number of aromatic nitrogens is 1. The summed E-state index contributed by atoms with van der Waals surface area (Å²) in [5.74, 6) is 2.38. The fourth-order valence-corrected chi connectivity index (χ4v) is 2.82. The van der Waals surface area contributed by atoms with Gasteiger partial charge in [-0.15, -0.1) is 0 Å². The van der Waals surface area contributed by atoms with E-state index in [9.17, 15) is 0 Å². The molecule has 0 unspecified atom stereocenters. The number of hydrogen-bond acceptors (Lipinski definition) is 5. The highest BCUT2D eigenvalue weighted by atomic mass is 16.5. The van der Waals surface area contributed by atoms with Gasteiger partial charge in [-0.05, 0) is 41.8 Å². The normalized spacial score (nSPS) is 11.1. The lowest BCUT2D eigenvalue weighted by Crippen LogP contribution is -2.22. The molecule has 3 N–H and O–H groups in total. The topological polar surface area (TPSA) is 91.0 Å². The number of para-hydroxylation sites is 1. The van der Waals surface area contributed by atoms with Crippen LogP contribution >= 0.6 is 0 Å². The average Bonchev–Trinajstić information content (AvgIpc) is 2.78. The number of nitrogens with two attached hydrogens (primary N) is 1. The summed E-state index contributed by atoms with van der Waals surface area (Å²) in [6.07, 6.45) is 2.67. The highest BCUT2D eigenvalue weighted by molar-refractivity contribution is 5.92. The Balaban J connectivity index is 1.64. The van der Waals surface area contributed by atoms with Crippen molar-refractivity contribution in [3.05, 3.63) is 71.9 Å². The zero-order valence-corrected chi connectivity index (χ0v) is 17.4. The van der Waals surface area contributed by atoms with Crippen LogP contribution in [0.4, 0.5) is 5.69 Å². The molecule has 3 aromatic rings. The van der Waals surface area contributed by atoms with Gasteiger partial charge in [0.15, 0.2) is 17.5 Å². The molecule has 0 aliphatic heterocycles. The first-order valence-corrected chi connectivity index (χ1v) is 9.62. The van der Waals surface area contributed by atoms with Crippen LogP contribution < -0.4 is 25.3 Å². The van der Waals surface area contributed by atoms with Crippen LogP contribution in [0.1, 0.15) is 18.1 Å². The van der Waals surface area contributed by atoms with E-state index < -0.39 is 0 Å². The summed E-state index contributed by atoms with van der Waals surface area (Å²) in [7, 11) is 3.15. The number of methoxy groups -OCH3 is 2. The van der Waals surface area contributed by atoms with Crippen molar-refractivity contribution >= 4 is 11.6 Å². The average molecular weight is 406 g/mol. The second-order valence-electron chi connectivity index (χ2n) is 6.48. The van der Waals surface area contributed by atoms with Gasteiger partial charge in [0.25, 0.3) is 0 Å². The molecule has 1 aromatic heterocycles. The van der Waals surface area contributed by atoms with Crippen molar-refractivity contribution in [2.75, 3.05) is 19.5 Å².